The third-order valence-electron chi connectivity index (χ3n) is 3.16. The lowest BCUT2D eigenvalue weighted by atomic mass is 9.78. The zero-order chi connectivity index (χ0) is 11.0. The third kappa shape index (κ3) is 1.65. The zero-order valence-electron chi connectivity index (χ0n) is 9.46. The number of methoxy groups -OCH3 is 1. The molecule has 0 radical (unpaired) electrons. The number of ether oxygens (including phenoxy) is 1. The van der Waals surface area contributed by atoms with Gasteiger partial charge in [-0.3, -0.25) is 4.79 Å². The molecule has 1 aliphatic carbocycles. The first-order valence-electron chi connectivity index (χ1n) is 5.31. The molecule has 0 aromatic heterocycles. The molecule has 0 spiro atoms. The minimum atomic E-state index is 0.147. The second kappa shape index (κ2) is 3.69. The number of aryl methyl sites for hydroxylation is 2. The molecule has 0 heterocycles. The van der Waals surface area contributed by atoms with Crippen LogP contribution in [0.5, 0.6) is 5.75 Å². The van der Waals surface area contributed by atoms with Crippen molar-refractivity contribution in [1.29, 1.82) is 0 Å². The van der Waals surface area contributed by atoms with Crippen LogP contribution in [-0.2, 0) is 4.79 Å². The van der Waals surface area contributed by atoms with Gasteiger partial charge in [0.25, 0.3) is 0 Å². The molecule has 1 aliphatic rings. The highest BCUT2D eigenvalue weighted by molar-refractivity contribution is 5.91. The van der Waals surface area contributed by atoms with E-state index >= 15 is 0 Å². The number of ketones is 1. The van der Waals surface area contributed by atoms with Crippen molar-refractivity contribution < 1.29 is 9.53 Å². The molecule has 1 atom stereocenters. The average molecular weight is 204 g/mol. The summed E-state index contributed by atoms with van der Waals surface area (Å²) in [5, 5.41) is 0. The van der Waals surface area contributed by atoms with Gasteiger partial charge in [-0.25, -0.2) is 0 Å². The first kappa shape index (κ1) is 10.2. The number of hydrogen-bond donors (Lipinski definition) is 0. The van der Waals surface area contributed by atoms with Gasteiger partial charge in [-0.05, 0) is 37.0 Å². The number of carbonyl (C=O) groups is 1. The van der Waals surface area contributed by atoms with Crippen molar-refractivity contribution in [3.63, 3.8) is 0 Å². The van der Waals surface area contributed by atoms with Crippen LogP contribution in [0.2, 0.25) is 0 Å². The molecule has 1 aromatic carbocycles. The van der Waals surface area contributed by atoms with Gasteiger partial charge in [-0.15, -0.1) is 0 Å². The summed E-state index contributed by atoms with van der Waals surface area (Å²) in [7, 11) is 1.68. The monoisotopic (exact) mass is 204 g/mol. The predicted molar refractivity (Wildman–Crippen MR) is 59.5 cm³/mol. The standard InChI is InChI=1S/C13H16O2/c1-8-6-10(11-4-5-12(11)14)7-9(2)13(8)15-3/h6-7,11H,4-5H2,1-3H3. The van der Waals surface area contributed by atoms with Crippen LogP contribution >= 0.6 is 0 Å². The van der Waals surface area contributed by atoms with E-state index in [9.17, 15) is 4.79 Å². The van der Waals surface area contributed by atoms with Gasteiger partial charge in [0.1, 0.15) is 11.5 Å². The van der Waals surface area contributed by atoms with Crippen molar-refractivity contribution in [2.75, 3.05) is 7.11 Å². The molecule has 0 amide bonds. The van der Waals surface area contributed by atoms with E-state index in [4.69, 9.17) is 4.74 Å². The number of benzene rings is 1. The van der Waals surface area contributed by atoms with Gasteiger partial charge in [0.05, 0.1) is 7.11 Å². The quantitative estimate of drug-likeness (QED) is 0.740. The topological polar surface area (TPSA) is 26.3 Å². The van der Waals surface area contributed by atoms with Crippen LogP contribution in [0.1, 0.15) is 35.4 Å². The molecule has 2 nitrogen and oxygen atoms in total. The molecular formula is C13H16O2. The van der Waals surface area contributed by atoms with Gasteiger partial charge in [0, 0.05) is 12.3 Å². The summed E-state index contributed by atoms with van der Waals surface area (Å²) < 4.78 is 5.30. The van der Waals surface area contributed by atoms with Crippen LogP contribution in [0, 0.1) is 13.8 Å². The second-order valence-electron chi connectivity index (χ2n) is 4.25. The fourth-order valence-corrected chi connectivity index (χ4v) is 2.27. The van der Waals surface area contributed by atoms with Crippen LogP contribution in [0.4, 0.5) is 0 Å². The third-order valence-corrected chi connectivity index (χ3v) is 3.16. The summed E-state index contributed by atoms with van der Waals surface area (Å²) >= 11 is 0. The molecule has 0 aliphatic heterocycles. The summed E-state index contributed by atoms with van der Waals surface area (Å²) in [4.78, 5) is 11.4. The van der Waals surface area contributed by atoms with E-state index in [1.54, 1.807) is 7.11 Å². The molecule has 2 heteroatoms. The van der Waals surface area contributed by atoms with Crippen molar-refractivity contribution >= 4 is 5.78 Å². The number of carbonyl (C=O) groups excluding carboxylic acids is 1. The predicted octanol–water partition coefficient (Wildman–Crippen LogP) is 2.76. The summed E-state index contributed by atoms with van der Waals surface area (Å²) in [6.45, 7) is 4.05. The Morgan fingerprint density at radius 2 is 1.87 bits per heavy atom. The summed E-state index contributed by atoms with van der Waals surface area (Å²) in [6, 6.07) is 4.15. The molecule has 1 unspecified atom stereocenters. The lowest BCUT2D eigenvalue weighted by molar-refractivity contribution is -0.125. The van der Waals surface area contributed by atoms with Gasteiger partial charge in [-0.1, -0.05) is 12.1 Å². The Labute approximate surface area is 90.3 Å². The van der Waals surface area contributed by atoms with E-state index in [0.717, 1.165) is 35.3 Å². The highest BCUT2D eigenvalue weighted by atomic mass is 16.5. The Kier molecular flexibility index (Phi) is 2.51. The Morgan fingerprint density at radius 1 is 1.27 bits per heavy atom. The van der Waals surface area contributed by atoms with Crippen molar-refractivity contribution in [3.05, 3.63) is 28.8 Å². The Morgan fingerprint density at radius 3 is 2.20 bits per heavy atom. The van der Waals surface area contributed by atoms with Gasteiger partial charge in [0.2, 0.25) is 0 Å². The molecule has 1 saturated carbocycles. The van der Waals surface area contributed by atoms with Crippen LogP contribution in [-0.4, -0.2) is 12.9 Å². The van der Waals surface area contributed by atoms with Crippen LogP contribution < -0.4 is 4.74 Å². The molecule has 1 aromatic rings. The highest BCUT2D eigenvalue weighted by Crippen LogP contribution is 2.36. The van der Waals surface area contributed by atoms with Gasteiger partial charge < -0.3 is 4.74 Å². The van der Waals surface area contributed by atoms with Crippen LogP contribution in [0.15, 0.2) is 12.1 Å². The Balaban J connectivity index is 2.39. The summed E-state index contributed by atoms with van der Waals surface area (Å²) in [5.74, 6) is 1.46. The van der Waals surface area contributed by atoms with Crippen molar-refractivity contribution in [2.45, 2.75) is 32.6 Å². The Hall–Kier alpha value is -1.31. The summed E-state index contributed by atoms with van der Waals surface area (Å²) in [6.07, 6.45) is 1.75. The van der Waals surface area contributed by atoms with Crippen molar-refractivity contribution in [3.8, 4) is 5.75 Å². The lowest BCUT2D eigenvalue weighted by Crippen LogP contribution is -2.23. The molecule has 0 saturated heterocycles. The highest BCUT2D eigenvalue weighted by Gasteiger charge is 2.30. The first-order valence-corrected chi connectivity index (χ1v) is 5.31. The fraction of sp³-hybridized carbons (Fsp3) is 0.462. The van der Waals surface area contributed by atoms with Gasteiger partial charge in [-0.2, -0.15) is 0 Å². The Bertz CT molecular complexity index is 384. The van der Waals surface area contributed by atoms with E-state index in [1.807, 2.05) is 13.8 Å². The number of hydrogen-bond acceptors (Lipinski definition) is 2. The van der Waals surface area contributed by atoms with Gasteiger partial charge in [0.15, 0.2) is 0 Å². The largest absolute Gasteiger partial charge is 0.496 e. The van der Waals surface area contributed by atoms with E-state index in [-0.39, 0.29) is 5.92 Å². The van der Waals surface area contributed by atoms with Crippen LogP contribution in [0.25, 0.3) is 0 Å². The number of Topliss-reactive ketones (excluding diaryl/α,β-unsaturated/α-hetero) is 1. The SMILES string of the molecule is COc1c(C)cc(C2CCC2=O)cc1C. The molecule has 1 fully saturated rings. The molecule has 0 N–H and O–H groups in total. The van der Waals surface area contributed by atoms with Crippen molar-refractivity contribution in [1.82, 2.24) is 0 Å². The first-order chi connectivity index (χ1) is 7.13. The molecule has 80 valence electrons. The molecule has 0 bridgehead atoms. The fourth-order valence-electron chi connectivity index (χ4n) is 2.27. The maximum Gasteiger partial charge on any atom is 0.140 e. The molecular weight excluding hydrogens is 188 g/mol. The molecule has 2 rings (SSSR count). The maximum atomic E-state index is 11.4. The van der Waals surface area contributed by atoms with Crippen LogP contribution in [0.3, 0.4) is 0 Å². The van der Waals surface area contributed by atoms with E-state index in [2.05, 4.69) is 12.1 Å². The average Bonchev–Trinajstić information content (AvgIpc) is 2.15. The van der Waals surface area contributed by atoms with E-state index in [1.165, 1.54) is 0 Å². The normalized spacial score (nSPS) is 19.9. The van der Waals surface area contributed by atoms with E-state index in [0.29, 0.717) is 5.78 Å². The maximum absolute atomic E-state index is 11.4. The second-order valence-corrected chi connectivity index (χ2v) is 4.25. The smallest absolute Gasteiger partial charge is 0.140 e. The van der Waals surface area contributed by atoms with Crippen molar-refractivity contribution in [2.24, 2.45) is 0 Å². The minimum absolute atomic E-state index is 0.147. The zero-order valence-corrected chi connectivity index (χ0v) is 9.46. The van der Waals surface area contributed by atoms with Gasteiger partial charge >= 0.3 is 0 Å². The van der Waals surface area contributed by atoms with E-state index < -0.39 is 0 Å². The summed E-state index contributed by atoms with van der Waals surface area (Å²) in [5.41, 5.74) is 3.39. The molecule has 15 heavy (non-hydrogen) atoms. The lowest BCUT2D eigenvalue weighted by Gasteiger charge is -2.25. The minimum Gasteiger partial charge on any atom is -0.496 e. The number of rotatable bonds is 2.